The van der Waals surface area contributed by atoms with Gasteiger partial charge >= 0.3 is 18.1 Å². The van der Waals surface area contributed by atoms with Crippen LogP contribution < -0.4 is 4.74 Å². The fraction of sp³-hybridized carbons (Fsp3) is 0.348. The van der Waals surface area contributed by atoms with Gasteiger partial charge in [-0.05, 0) is 42.3 Å². The van der Waals surface area contributed by atoms with Crippen LogP contribution in [-0.4, -0.2) is 33.0 Å². The number of carbonyl (C=O) groups is 1. The molecule has 35 heavy (non-hydrogen) atoms. The number of carboxylic acids is 1. The number of aromatic nitrogens is 3. The van der Waals surface area contributed by atoms with Crippen LogP contribution in [0.1, 0.15) is 59.5 Å². The molecular weight excluding hydrogens is 477 g/mol. The van der Waals surface area contributed by atoms with Crippen molar-refractivity contribution in [2.24, 2.45) is 0 Å². The molecular formula is C23H20F5N3O4. The molecule has 0 fully saturated rings. The first kappa shape index (κ1) is 24.6. The van der Waals surface area contributed by atoms with Crippen molar-refractivity contribution in [1.82, 2.24) is 14.8 Å². The summed E-state index contributed by atoms with van der Waals surface area (Å²) >= 11 is 0. The van der Waals surface area contributed by atoms with Gasteiger partial charge in [-0.1, -0.05) is 12.1 Å². The molecule has 0 aliphatic carbocycles. The van der Waals surface area contributed by atoms with Gasteiger partial charge in [-0.2, -0.15) is 22.0 Å². The summed E-state index contributed by atoms with van der Waals surface area (Å²) in [4.78, 5) is 11.6. The lowest BCUT2D eigenvalue weighted by Gasteiger charge is -2.25. The number of ether oxygens (including phenoxy) is 2. The van der Waals surface area contributed by atoms with Crippen LogP contribution in [0.25, 0.3) is 5.69 Å². The molecule has 0 amide bonds. The number of hydrogen-bond donors (Lipinski definition) is 1. The van der Waals surface area contributed by atoms with E-state index in [1.165, 1.54) is 7.11 Å². The molecule has 7 nitrogen and oxygen atoms in total. The normalized spacial score (nSPS) is 17.9. The van der Waals surface area contributed by atoms with Gasteiger partial charge in [0.05, 0.1) is 24.8 Å². The van der Waals surface area contributed by atoms with E-state index in [2.05, 4.69) is 10.2 Å². The molecule has 2 atom stereocenters. The molecule has 12 heteroatoms. The molecule has 2 aromatic carbocycles. The SMILES string of the molecule is COc1cccc([C@@H]2O[C@@H](CC(=O)O)c3nnc(C(C)(F)F)n3-c3ccc(C(F)(F)F)cc32)c1C. The van der Waals surface area contributed by atoms with Gasteiger partial charge in [-0.3, -0.25) is 9.36 Å². The molecule has 4 rings (SSSR count). The summed E-state index contributed by atoms with van der Waals surface area (Å²) in [5.41, 5.74) is -0.299. The number of methoxy groups -OCH3 is 1. The van der Waals surface area contributed by atoms with E-state index in [-0.39, 0.29) is 17.1 Å². The minimum Gasteiger partial charge on any atom is -0.496 e. The van der Waals surface area contributed by atoms with Crippen molar-refractivity contribution in [3.63, 3.8) is 0 Å². The van der Waals surface area contributed by atoms with E-state index in [1.807, 2.05) is 0 Å². The average Bonchev–Trinajstić information content (AvgIpc) is 3.17. The number of aliphatic carboxylic acids is 1. The first-order chi connectivity index (χ1) is 16.3. The number of hydrogen-bond acceptors (Lipinski definition) is 5. The topological polar surface area (TPSA) is 86.5 Å². The Bertz CT molecular complexity index is 1280. The zero-order valence-corrected chi connectivity index (χ0v) is 18.7. The average molecular weight is 497 g/mol. The third kappa shape index (κ3) is 4.45. The molecule has 3 aromatic rings. The van der Waals surface area contributed by atoms with Gasteiger partial charge < -0.3 is 14.6 Å². The van der Waals surface area contributed by atoms with Gasteiger partial charge in [-0.25, -0.2) is 0 Å². The van der Waals surface area contributed by atoms with Crippen molar-refractivity contribution in [3.05, 3.63) is 70.3 Å². The number of halogens is 5. The summed E-state index contributed by atoms with van der Waals surface area (Å²) in [7, 11) is 1.42. The second kappa shape index (κ2) is 8.59. The Balaban J connectivity index is 2.07. The lowest BCUT2D eigenvalue weighted by Crippen LogP contribution is -2.18. The predicted octanol–water partition coefficient (Wildman–Crippen LogP) is 5.35. The smallest absolute Gasteiger partial charge is 0.416 e. The molecule has 186 valence electrons. The van der Waals surface area contributed by atoms with Gasteiger partial charge in [0.15, 0.2) is 5.82 Å². The molecule has 1 N–H and O–H groups in total. The van der Waals surface area contributed by atoms with E-state index in [9.17, 15) is 31.9 Å². The van der Waals surface area contributed by atoms with E-state index >= 15 is 0 Å². The van der Waals surface area contributed by atoms with E-state index in [0.717, 1.165) is 22.8 Å². The zero-order chi connectivity index (χ0) is 25.7. The lowest BCUT2D eigenvalue weighted by atomic mass is 9.94. The summed E-state index contributed by atoms with van der Waals surface area (Å²) in [5, 5.41) is 16.8. The maximum Gasteiger partial charge on any atom is 0.416 e. The minimum absolute atomic E-state index is 0.0744. The first-order valence-electron chi connectivity index (χ1n) is 10.4. The molecule has 0 unspecified atom stereocenters. The number of carboxylic acid groups (broad SMARTS) is 1. The van der Waals surface area contributed by atoms with Gasteiger partial charge in [-0.15, -0.1) is 10.2 Å². The molecule has 0 saturated carbocycles. The number of nitrogens with zero attached hydrogens (tertiary/aromatic N) is 3. The number of fused-ring (bicyclic) bond motifs is 3. The number of benzene rings is 2. The van der Waals surface area contributed by atoms with Gasteiger partial charge in [0, 0.05) is 12.5 Å². The number of alkyl halides is 5. The fourth-order valence-electron chi connectivity index (χ4n) is 4.14. The molecule has 1 aliphatic heterocycles. The van der Waals surface area contributed by atoms with Crippen LogP contribution in [0.5, 0.6) is 5.75 Å². The van der Waals surface area contributed by atoms with Gasteiger partial charge in [0.2, 0.25) is 5.82 Å². The van der Waals surface area contributed by atoms with E-state index in [0.29, 0.717) is 23.8 Å². The van der Waals surface area contributed by atoms with Crippen LogP contribution >= 0.6 is 0 Å². The molecule has 0 saturated heterocycles. The highest BCUT2D eigenvalue weighted by molar-refractivity contribution is 5.67. The summed E-state index contributed by atoms with van der Waals surface area (Å²) < 4.78 is 82.2. The Kier molecular flexibility index (Phi) is 6.04. The maximum absolute atomic E-state index is 14.5. The summed E-state index contributed by atoms with van der Waals surface area (Å²) in [6.45, 7) is 2.23. The van der Waals surface area contributed by atoms with Gasteiger partial charge in [0.1, 0.15) is 18.0 Å². The number of rotatable bonds is 5. The van der Waals surface area contributed by atoms with Gasteiger partial charge in [0.25, 0.3) is 0 Å². The third-order valence-corrected chi connectivity index (χ3v) is 5.74. The molecule has 0 bridgehead atoms. The summed E-state index contributed by atoms with van der Waals surface area (Å²) in [6, 6.07) is 7.43. The van der Waals surface area contributed by atoms with E-state index < -0.39 is 48.1 Å². The monoisotopic (exact) mass is 497 g/mol. The second-order valence-corrected chi connectivity index (χ2v) is 8.15. The molecule has 2 heterocycles. The van der Waals surface area contributed by atoms with Crippen molar-refractivity contribution in [2.45, 2.75) is 44.6 Å². The van der Waals surface area contributed by atoms with Crippen molar-refractivity contribution >= 4 is 5.97 Å². The Hall–Kier alpha value is -3.54. The van der Waals surface area contributed by atoms with E-state index in [1.54, 1.807) is 25.1 Å². The lowest BCUT2D eigenvalue weighted by molar-refractivity contribution is -0.141. The van der Waals surface area contributed by atoms with Crippen LogP contribution in [0.15, 0.2) is 36.4 Å². The third-order valence-electron chi connectivity index (χ3n) is 5.74. The quantitative estimate of drug-likeness (QED) is 0.479. The van der Waals surface area contributed by atoms with Crippen LogP contribution in [0.3, 0.4) is 0 Å². The van der Waals surface area contributed by atoms with Crippen molar-refractivity contribution < 1.29 is 41.3 Å². The standard InChI is InChI=1S/C23H20F5N3O4/c1-11-13(5-4-6-16(11)34-3)19-14-9-12(23(26,27)28)7-8-15(14)31-20(17(35-19)10-18(32)33)29-30-21(31)22(2,24)25/h4-9,17,19H,10H2,1-3H3,(H,32,33)/t17-,19-/m0/s1. The maximum atomic E-state index is 14.5. The van der Waals surface area contributed by atoms with Crippen LogP contribution in [0.2, 0.25) is 0 Å². The van der Waals surface area contributed by atoms with E-state index in [4.69, 9.17) is 9.47 Å². The highest BCUT2D eigenvalue weighted by Crippen LogP contribution is 2.45. The predicted molar refractivity (Wildman–Crippen MR) is 112 cm³/mol. The van der Waals surface area contributed by atoms with Crippen LogP contribution in [0.4, 0.5) is 22.0 Å². The minimum atomic E-state index is -4.73. The first-order valence-corrected chi connectivity index (χ1v) is 10.4. The molecule has 1 aliphatic rings. The van der Waals surface area contributed by atoms with Crippen LogP contribution in [-0.2, 0) is 21.6 Å². The Labute approximate surface area is 196 Å². The molecule has 0 radical (unpaired) electrons. The molecule has 0 spiro atoms. The van der Waals surface area contributed by atoms with Crippen molar-refractivity contribution in [2.75, 3.05) is 7.11 Å². The second-order valence-electron chi connectivity index (χ2n) is 8.15. The Morgan fingerprint density at radius 1 is 1.14 bits per heavy atom. The highest BCUT2D eigenvalue weighted by atomic mass is 19.4. The summed E-state index contributed by atoms with van der Waals surface area (Å²) in [6.07, 6.45) is -8.07. The largest absolute Gasteiger partial charge is 0.496 e. The zero-order valence-electron chi connectivity index (χ0n) is 18.7. The van der Waals surface area contributed by atoms with Crippen molar-refractivity contribution in [1.29, 1.82) is 0 Å². The highest BCUT2D eigenvalue weighted by Gasteiger charge is 2.42. The summed E-state index contributed by atoms with van der Waals surface area (Å²) in [5.74, 6) is -5.55. The Morgan fingerprint density at radius 3 is 2.46 bits per heavy atom. The fourth-order valence-corrected chi connectivity index (χ4v) is 4.14. The molecule has 1 aromatic heterocycles. The van der Waals surface area contributed by atoms with Crippen molar-refractivity contribution in [3.8, 4) is 11.4 Å². The van der Waals surface area contributed by atoms with Crippen LogP contribution in [0, 0.1) is 6.92 Å². The Morgan fingerprint density at radius 2 is 1.86 bits per heavy atom.